The van der Waals surface area contributed by atoms with Gasteiger partial charge in [0, 0.05) is 32.0 Å². The third-order valence-electron chi connectivity index (χ3n) is 6.38. The fourth-order valence-electron chi connectivity index (χ4n) is 4.75. The number of methoxy groups -OCH3 is 2. The minimum absolute atomic E-state index is 0.0147. The molecule has 32 heavy (non-hydrogen) atoms. The largest absolute Gasteiger partial charge is 0.497 e. The Balaban J connectivity index is 2.01. The van der Waals surface area contributed by atoms with Gasteiger partial charge in [0.15, 0.2) is 0 Å². The Bertz CT molecular complexity index is 911. The Morgan fingerprint density at radius 2 is 2.09 bits per heavy atom. The summed E-state index contributed by atoms with van der Waals surface area (Å²) in [5.41, 5.74) is -0.653. The summed E-state index contributed by atoms with van der Waals surface area (Å²) in [7, 11) is 3.07. The highest BCUT2D eigenvalue weighted by molar-refractivity contribution is 6.10. The van der Waals surface area contributed by atoms with Gasteiger partial charge in [-0.3, -0.25) is 19.3 Å². The molecule has 3 atom stereocenters. The van der Waals surface area contributed by atoms with Crippen LogP contribution >= 0.6 is 0 Å². The van der Waals surface area contributed by atoms with E-state index in [2.05, 4.69) is 12.7 Å². The molecule has 0 bridgehead atoms. The number of imide groups is 1. The van der Waals surface area contributed by atoms with Crippen molar-refractivity contribution in [3.8, 4) is 5.75 Å². The molecule has 7 nitrogen and oxygen atoms in total. The number of hydrogen-bond acceptors (Lipinski definition) is 5. The van der Waals surface area contributed by atoms with E-state index in [1.807, 2.05) is 24.0 Å². The number of carbonyl (C=O) groups excluding carboxylic acids is 3. The van der Waals surface area contributed by atoms with E-state index in [0.29, 0.717) is 17.7 Å². The smallest absolute Gasteiger partial charge is 0.240 e. The quantitative estimate of drug-likeness (QED) is 0.436. The Morgan fingerprint density at radius 1 is 1.31 bits per heavy atom. The monoisotopic (exact) mass is 440 g/mol. The van der Waals surface area contributed by atoms with Gasteiger partial charge in [0.1, 0.15) is 5.75 Å². The SMILES string of the molecule is C=CC[C@@H]1CC=C[C@@H](C)N1C(=O)C[C@@]1(c2cccc(OC)c2)CC(=O)N(CCOC)C1=O. The van der Waals surface area contributed by atoms with Crippen LogP contribution in [0.3, 0.4) is 0 Å². The highest BCUT2D eigenvalue weighted by Gasteiger charge is 2.54. The Labute approximate surface area is 189 Å². The molecule has 0 N–H and O–H groups in total. The molecule has 3 amide bonds. The molecular formula is C25H32N2O5. The fourth-order valence-corrected chi connectivity index (χ4v) is 4.75. The van der Waals surface area contributed by atoms with Crippen LogP contribution in [-0.4, -0.2) is 67.0 Å². The molecule has 1 fully saturated rings. The average molecular weight is 441 g/mol. The van der Waals surface area contributed by atoms with E-state index >= 15 is 0 Å². The molecule has 0 spiro atoms. The first-order valence-electron chi connectivity index (χ1n) is 10.9. The molecule has 1 saturated heterocycles. The zero-order valence-electron chi connectivity index (χ0n) is 19.1. The van der Waals surface area contributed by atoms with Crippen LogP contribution in [0.15, 0.2) is 49.1 Å². The van der Waals surface area contributed by atoms with Gasteiger partial charge in [-0.15, -0.1) is 6.58 Å². The number of benzene rings is 1. The van der Waals surface area contributed by atoms with Crippen LogP contribution in [0.4, 0.5) is 0 Å². The minimum Gasteiger partial charge on any atom is -0.497 e. The van der Waals surface area contributed by atoms with Crippen molar-refractivity contribution in [3.05, 3.63) is 54.6 Å². The molecule has 1 aromatic rings. The lowest BCUT2D eigenvalue weighted by molar-refractivity contribution is -0.144. The van der Waals surface area contributed by atoms with E-state index in [4.69, 9.17) is 9.47 Å². The molecule has 7 heteroatoms. The summed E-state index contributed by atoms with van der Waals surface area (Å²) in [5.74, 6) is -0.228. The highest BCUT2D eigenvalue weighted by atomic mass is 16.5. The van der Waals surface area contributed by atoms with Crippen LogP contribution in [0.5, 0.6) is 5.75 Å². The number of hydrogen-bond donors (Lipinski definition) is 0. The Kier molecular flexibility index (Phi) is 7.51. The molecule has 3 rings (SSSR count). The third kappa shape index (κ3) is 4.48. The summed E-state index contributed by atoms with van der Waals surface area (Å²) in [6, 6.07) is 6.99. The number of nitrogens with zero attached hydrogens (tertiary/aromatic N) is 2. The van der Waals surface area contributed by atoms with Gasteiger partial charge in [0.25, 0.3) is 0 Å². The van der Waals surface area contributed by atoms with E-state index in [0.717, 1.165) is 6.42 Å². The van der Waals surface area contributed by atoms with E-state index < -0.39 is 5.41 Å². The molecule has 2 aliphatic heterocycles. The van der Waals surface area contributed by atoms with Crippen LogP contribution < -0.4 is 4.74 Å². The first kappa shape index (κ1) is 23.7. The number of amides is 3. The van der Waals surface area contributed by atoms with Gasteiger partial charge in [-0.05, 0) is 37.5 Å². The molecule has 0 saturated carbocycles. The summed E-state index contributed by atoms with van der Waals surface area (Å²) < 4.78 is 10.4. The van der Waals surface area contributed by atoms with Crippen molar-refractivity contribution >= 4 is 17.7 Å². The molecule has 2 aliphatic rings. The lowest BCUT2D eigenvalue weighted by atomic mass is 9.75. The van der Waals surface area contributed by atoms with Crippen LogP contribution in [0.2, 0.25) is 0 Å². The van der Waals surface area contributed by atoms with Crippen LogP contribution in [0, 0.1) is 0 Å². The normalized spacial score (nSPS) is 25.3. The molecule has 0 aromatic heterocycles. The van der Waals surface area contributed by atoms with E-state index in [-0.39, 0.29) is 55.8 Å². The first-order valence-corrected chi connectivity index (χ1v) is 10.9. The Morgan fingerprint density at radius 3 is 2.78 bits per heavy atom. The fraction of sp³-hybridized carbons (Fsp3) is 0.480. The predicted molar refractivity (Wildman–Crippen MR) is 121 cm³/mol. The zero-order valence-corrected chi connectivity index (χ0v) is 19.1. The van der Waals surface area contributed by atoms with Crippen molar-refractivity contribution in [2.45, 2.75) is 50.1 Å². The molecule has 0 unspecified atom stereocenters. The molecule has 0 radical (unpaired) electrons. The van der Waals surface area contributed by atoms with E-state index in [9.17, 15) is 14.4 Å². The van der Waals surface area contributed by atoms with E-state index in [1.54, 1.807) is 31.4 Å². The van der Waals surface area contributed by atoms with Gasteiger partial charge in [0.05, 0.1) is 25.7 Å². The third-order valence-corrected chi connectivity index (χ3v) is 6.38. The second-order valence-electron chi connectivity index (χ2n) is 8.39. The number of likely N-dealkylation sites (tertiary alicyclic amines) is 1. The van der Waals surface area contributed by atoms with Crippen molar-refractivity contribution < 1.29 is 23.9 Å². The summed E-state index contributed by atoms with van der Waals surface area (Å²) in [6.45, 7) is 6.20. The van der Waals surface area contributed by atoms with Gasteiger partial charge in [-0.25, -0.2) is 0 Å². The lowest BCUT2D eigenvalue weighted by Gasteiger charge is -2.39. The maximum Gasteiger partial charge on any atom is 0.240 e. The van der Waals surface area contributed by atoms with Crippen LogP contribution in [0.25, 0.3) is 0 Å². The maximum absolute atomic E-state index is 13.7. The summed E-state index contributed by atoms with van der Waals surface area (Å²) in [4.78, 5) is 43.3. The first-order chi connectivity index (χ1) is 15.4. The van der Waals surface area contributed by atoms with Gasteiger partial charge < -0.3 is 14.4 Å². The number of carbonyl (C=O) groups is 3. The van der Waals surface area contributed by atoms with Crippen molar-refractivity contribution in [2.75, 3.05) is 27.4 Å². The van der Waals surface area contributed by atoms with Crippen molar-refractivity contribution in [3.63, 3.8) is 0 Å². The van der Waals surface area contributed by atoms with Gasteiger partial charge in [0.2, 0.25) is 17.7 Å². The average Bonchev–Trinajstić information content (AvgIpc) is 3.02. The Hall–Kier alpha value is -2.93. The van der Waals surface area contributed by atoms with Crippen molar-refractivity contribution in [1.82, 2.24) is 9.80 Å². The highest BCUT2D eigenvalue weighted by Crippen LogP contribution is 2.42. The van der Waals surface area contributed by atoms with Crippen molar-refractivity contribution in [2.24, 2.45) is 0 Å². The van der Waals surface area contributed by atoms with Crippen molar-refractivity contribution in [1.29, 1.82) is 0 Å². The summed E-state index contributed by atoms with van der Waals surface area (Å²) >= 11 is 0. The van der Waals surface area contributed by atoms with Gasteiger partial charge in [-0.2, -0.15) is 0 Å². The maximum atomic E-state index is 13.7. The standard InChI is InChI=1S/C25H32N2O5/c1-5-8-20-11-6-9-18(2)27(20)23(29)17-25(19-10-7-12-21(15-19)32-4)16-22(28)26(24(25)30)13-14-31-3/h5-7,9-10,12,15,18,20H,1,8,11,13-14,16-17H2,2-4H3/t18-,20-,25-/m1/s1. The molecule has 2 heterocycles. The minimum atomic E-state index is -1.27. The molecule has 0 aliphatic carbocycles. The van der Waals surface area contributed by atoms with Gasteiger partial charge >= 0.3 is 0 Å². The molecular weight excluding hydrogens is 408 g/mol. The predicted octanol–water partition coefficient (Wildman–Crippen LogP) is 2.85. The zero-order chi connectivity index (χ0) is 23.3. The lowest BCUT2D eigenvalue weighted by Crippen LogP contribution is -2.50. The number of ether oxygens (including phenoxy) is 2. The number of rotatable bonds is 9. The second kappa shape index (κ2) is 10.1. The van der Waals surface area contributed by atoms with E-state index in [1.165, 1.54) is 12.0 Å². The van der Waals surface area contributed by atoms with Crippen LogP contribution in [0.1, 0.15) is 38.2 Å². The molecule has 1 aromatic carbocycles. The van der Waals surface area contributed by atoms with Gasteiger partial charge in [-0.1, -0.05) is 30.4 Å². The van der Waals surface area contributed by atoms with Crippen LogP contribution in [-0.2, 0) is 24.5 Å². The second-order valence-corrected chi connectivity index (χ2v) is 8.39. The summed E-state index contributed by atoms with van der Waals surface area (Å²) in [5, 5.41) is 0. The topological polar surface area (TPSA) is 76.2 Å². The molecule has 172 valence electrons. The summed E-state index contributed by atoms with van der Waals surface area (Å²) in [6.07, 6.45) is 7.16.